The van der Waals surface area contributed by atoms with Crippen LogP contribution >= 0.6 is 0 Å². The second kappa shape index (κ2) is 9.99. The third-order valence-electron chi connectivity index (χ3n) is 6.25. The Hall–Kier alpha value is -3.46. The number of hydrogen-bond acceptors (Lipinski definition) is 8. The number of piperazine rings is 1. The zero-order valence-electron chi connectivity index (χ0n) is 18.7. The predicted octanol–water partition coefficient (Wildman–Crippen LogP) is 2.35. The first-order chi connectivity index (χ1) is 15.9. The van der Waals surface area contributed by atoms with Crippen LogP contribution in [0.25, 0.3) is 0 Å². The van der Waals surface area contributed by atoms with E-state index in [1.54, 1.807) is 12.1 Å². The molecule has 9 nitrogen and oxygen atoms in total. The van der Waals surface area contributed by atoms with E-state index >= 15 is 0 Å². The number of carboxylic acid groups (broad SMARTS) is 1. The fourth-order valence-corrected chi connectivity index (χ4v) is 4.43. The van der Waals surface area contributed by atoms with Crippen molar-refractivity contribution in [2.75, 3.05) is 57.1 Å². The monoisotopic (exact) mass is 455 g/mol. The van der Waals surface area contributed by atoms with Crippen molar-refractivity contribution < 1.29 is 28.9 Å². The van der Waals surface area contributed by atoms with Crippen molar-refractivity contribution in [2.45, 2.75) is 18.8 Å². The van der Waals surface area contributed by atoms with Gasteiger partial charge in [0.25, 0.3) is 0 Å². The van der Waals surface area contributed by atoms with Crippen LogP contribution in [0.5, 0.6) is 17.2 Å². The summed E-state index contributed by atoms with van der Waals surface area (Å²) < 4.78 is 15.9. The minimum absolute atomic E-state index is 0.0877. The Morgan fingerprint density at radius 1 is 1.12 bits per heavy atom. The molecule has 0 aromatic heterocycles. The molecule has 2 heterocycles. The highest BCUT2D eigenvalue weighted by Crippen LogP contribution is 2.37. The number of carboxylic acids is 1. The van der Waals surface area contributed by atoms with Gasteiger partial charge in [0.2, 0.25) is 0 Å². The molecule has 0 bridgehead atoms. The first-order valence-electron chi connectivity index (χ1n) is 11.1. The maximum atomic E-state index is 11.4. The van der Waals surface area contributed by atoms with Crippen molar-refractivity contribution in [2.24, 2.45) is 0 Å². The lowest BCUT2D eigenvalue weighted by Gasteiger charge is -2.37. The van der Waals surface area contributed by atoms with Crippen molar-refractivity contribution in [1.29, 1.82) is 0 Å². The molecule has 0 saturated carbocycles. The molecule has 33 heavy (non-hydrogen) atoms. The molecule has 2 aliphatic heterocycles. The van der Waals surface area contributed by atoms with E-state index < -0.39 is 11.9 Å². The van der Waals surface area contributed by atoms with Gasteiger partial charge in [-0.25, -0.2) is 9.59 Å². The lowest BCUT2D eigenvalue weighted by molar-refractivity contribution is -0.158. The minimum Gasteiger partial charge on any atom is -0.493 e. The average Bonchev–Trinajstić information content (AvgIpc) is 2.83. The number of carbonyl (C=O) groups is 2. The van der Waals surface area contributed by atoms with Crippen LogP contribution in [0.1, 0.15) is 24.3 Å². The van der Waals surface area contributed by atoms with Gasteiger partial charge in [-0.05, 0) is 61.2 Å². The topological polar surface area (TPSA) is 115 Å². The van der Waals surface area contributed by atoms with Crippen LogP contribution in [0.4, 0.5) is 11.4 Å². The van der Waals surface area contributed by atoms with Crippen molar-refractivity contribution in [3.63, 3.8) is 0 Å². The maximum Gasteiger partial charge on any atom is 0.422 e. The summed E-state index contributed by atoms with van der Waals surface area (Å²) in [6, 6.07) is 11.0. The van der Waals surface area contributed by atoms with Crippen molar-refractivity contribution in [3.05, 3.63) is 42.0 Å². The third kappa shape index (κ3) is 5.31. The fraction of sp³-hybridized carbons (Fsp3) is 0.417. The van der Waals surface area contributed by atoms with Gasteiger partial charge in [-0.2, -0.15) is 0 Å². The van der Waals surface area contributed by atoms with Crippen molar-refractivity contribution >= 4 is 23.3 Å². The highest BCUT2D eigenvalue weighted by Gasteiger charge is 2.24. The summed E-state index contributed by atoms with van der Waals surface area (Å²) in [5, 5.41) is 8.74. The maximum absolute atomic E-state index is 11.4. The van der Waals surface area contributed by atoms with Crippen LogP contribution in [0, 0.1) is 0 Å². The third-order valence-corrected chi connectivity index (χ3v) is 6.25. The molecule has 0 aliphatic carbocycles. The number of nitrogen functional groups attached to an aromatic ring is 1. The summed E-state index contributed by atoms with van der Waals surface area (Å²) in [5.41, 5.74) is 8.92. The van der Waals surface area contributed by atoms with Gasteiger partial charge in [0.05, 0.1) is 13.7 Å². The number of methoxy groups -OCH3 is 1. The molecule has 176 valence electrons. The van der Waals surface area contributed by atoms with E-state index in [1.807, 2.05) is 24.3 Å². The average molecular weight is 456 g/mol. The zero-order valence-corrected chi connectivity index (χ0v) is 18.7. The number of aliphatic carboxylic acids is 1. The smallest absolute Gasteiger partial charge is 0.422 e. The van der Waals surface area contributed by atoms with Gasteiger partial charge in [0.15, 0.2) is 11.5 Å². The summed E-state index contributed by atoms with van der Waals surface area (Å²) >= 11 is 0. The summed E-state index contributed by atoms with van der Waals surface area (Å²) in [6.45, 7) is 5.34. The molecule has 9 heteroatoms. The van der Waals surface area contributed by atoms with Gasteiger partial charge in [-0.3, -0.25) is 4.90 Å². The Morgan fingerprint density at radius 3 is 2.64 bits per heavy atom. The summed E-state index contributed by atoms with van der Waals surface area (Å²) in [7, 11) is 1.46. The van der Waals surface area contributed by atoms with Crippen LogP contribution in [-0.2, 0) is 9.59 Å². The zero-order chi connectivity index (χ0) is 23.4. The van der Waals surface area contributed by atoms with Crippen LogP contribution in [0.2, 0.25) is 0 Å². The fourth-order valence-electron chi connectivity index (χ4n) is 4.43. The predicted molar refractivity (Wildman–Crippen MR) is 123 cm³/mol. The number of hydrogen-bond donors (Lipinski definition) is 2. The Balaban J connectivity index is 1.32. The van der Waals surface area contributed by atoms with Crippen LogP contribution < -0.4 is 24.8 Å². The summed E-state index contributed by atoms with van der Waals surface area (Å²) in [4.78, 5) is 26.8. The minimum atomic E-state index is -1.65. The van der Waals surface area contributed by atoms with Gasteiger partial charge < -0.3 is 30.0 Å². The van der Waals surface area contributed by atoms with E-state index in [0.717, 1.165) is 69.3 Å². The van der Waals surface area contributed by atoms with E-state index in [4.69, 9.17) is 25.1 Å². The molecule has 1 fully saturated rings. The number of ether oxygens (including phenoxy) is 3. The number of rotatable bonds is 6. The normalized spacial score (nSPS) is 18.2. The number of benzene rings is 2. The molecule has 3 N–H and O–H groups in total. The molecule has 0 spiro atoms. The van der Waals surface area contributed by atoms with E-state index in [2.05, 4.69) is 9.80 Å². The number of carbonyl (C=O) groups excluding carboxylic acids is 1. The van der Waals surface area contributed by atoms with Gasteiger partial charge in [-0.15, -0.1) is 0 Å². The largest absolute Gasteiger partial charge is 0.493 e. The van der Waals surface area contributed by atoms with Crippen molar-refractivity contribution in [3.8, 4) is 17.2 Å². The molecule has 2 aromatic carbocycles. The van der Waals surface area contributed by atoms with Crippen molar-refractivity contribution in [1.82, 2.24) is 4.90 Å². The second-order valence-electron chi connectivity index (χ2n) is 8.28. The summed E-state index contributed by atoms with van der Waals surface area (Å²) in [5.74, 6) is -1.17. The van der Waals surface area contributed by atoms with Crippen LogP contribution in [0.15, 0.2) is 36.4 Å². The van der Waals surface area contributed by atoms with Crippen LogP contribution in [-0.4, -0.2) is 68.4 Å². The lowest BCUT2D eigenvalue weighted by Crippen LogP contribution is -2.46. The lowest BCUT2D eigenvalue weighted by atomic mass is 9.89. The number of nitrogens with two attached hydrogens (primary N) is 1. The number of esters is 1. The van der Waals surface area contributed by atoms with Gasteiger partial charge in [-0.1, -0.05) is 0 Å². The van der Waals surface area contributed by atoms with E-state index in [0.29, 0.717) is 11.7 Å². The molecular formula is C24H29N3O6. The van der Waals surface area contributed by atoms with Gasteiger partial charge >= 0.3 is 11.9 Å². The number of fused-ring (bicyclic) bond motifs is 1. The Morgan fingerprint density at radius 2 is 1.91 bits per heavy atom. The number of nitrogens with zero attached hydrogens (tertiary/aromatic N) is 2. The Kier molecular flexibility index (Phi) is 6.88. The molecule has 4 rings (SSSR count). The highest BCUT2D eigenvalue weighted by atomic mass is 16.6. The Bertz CT molecular complexity index is 1020. The SMILES string of the molecule is COc1cc(N2CCN(CCC3CCOc4ccc(N)cc43)CC2)ccc1OC(=O)C(=O)O. The molecular weight excluding hydrogens is 426 g/mol. The molecule has 2 aliphatic rings. The molecule has 1 saturated heterocycles. The standard InChI is InChI=1S/C24H29N3O6/c1-31-22-15-18(3-5-21(22)33-24(30)23(28)29)27-11-9-26(10-12-27)8-6-16-7-13-32-20-4-2-17(25)14-19(16)20/h2-5,14-16H,6-13,25H2,1H3,(H,28,29). The first kappa shape index (κ1) is 22.7. The molecule has 1 atom stereocenters. The molecule has 1 unspecified atom stereocenters. The quantitative estimate of drug-likeness (QED) is 0.293. The first-order valence-corrected chi connectivity index (χ1v) is 11.1. The number of anilines is 2. The highest BCUT2D eigenvalue weighted by molar-refractivity contribution is 6.29. The Labute approximate surface area is 192 Å². The second-order valence-corrected chi connectivity index (χ2v) is 8.28. The van der Waals surface area contributed by atoms with E-state index in [-0.39, 0.29) is 5.75 Å². The van der Waals surface area contributed by atoms with E-state index in [9.17, 15) is 9.59 Å². The molecule has 2 aromatic rings. The van der Waals surface area contributed by atoms with E-state index in [1.165, 1.54) is 12.7 Å². The van der Waals surface area contributed by atoms with Gasteiger partial charge in [0.1, 0.15) is 5.75 Å². The summed E-state index contributed by atoms with van der Waals surface area (Å²) in [6.07, 6.45) is 2.08. The van der Waals surface area contributed by atoms with Crippen LogP contribution in [0.3, 0.4) is 0 Å². The molecule has 0 amide bonds. The molecule has 0 radical (unpaired) electrons. The van der Waals surface area contributed by atoms with Gasteiger partial charge in [0, 0.05) is 43.6 Å².